The van der Waals surface area contributed by atoms with Gasteiger partial charge in [-0.15, -0.1) is 0 Å². The fourth-order valence-corrected chi connectivity index (χ4v) is 1.61. The van der Waals surface area contributed by atoms with Gasteiger partial charge in [0.15, 0.2) is 11.6 Å². The molecule has 1 heterocycles. The number of nitrogens with two attached hydrogens (primary N) is 1. The van der Waals surface area contributed by atoms with Gasteiger partial charge in [-0.05, 0) is 40.2 Å². The SMILES string of the molecule is Nc1ccc(F)c(F)c1NC(=O)c1ccc(Br)cn1. The van der Waals surface area contributed by atoms with Gasteiger partial charge < -0.3 is 11.1 Å². The predicted molar refractivity (Wildman–Crippen MR) is 70.7 cm³/mol. The molecule has 98 valence electrons. The fourth-order valence-electron chi connectivity index (χ4n) is 1.38. The van der Waals surface area contributed by atoms with Crippen molar-refractivity contribution in [3.8, 4) is 0 Å². The lowest BCUT2D eigenvalue weighted by Gasteiger charge is -2.09. The molecule has 2 aromatic rings. The molecule has 1 aromatic heterocycles. The van der Waals surface area contributed by atoms with Crippen LogP contribution in [-0.4, -0.2) is 10.9 Å². The minimum absolute atomic E-state index is 0.0614. The van der Waals surface area contributed by atoms with Crippen molar-refractivity contribution in [2.75, 3.05) is 11.1 Å². The first-order valence-electron chi connectivity index (χ1n) is 5.15. The van der Waals surface area contributed by atoms with E-state index in [-0.39, 0.29) is 11.4 Å². The van der Waals surface area contributed by atoms with Crippen LogP contribution in [0.25, 0.3) is 0 Å². The number of rotatable bonds is 2. The maximum atomic E-state index is 13.5. The number of benzene rings is 1. The molecule has 0 spiro atoms. The predicted octanol–water partition coefficient (Wildman–Crippen LogP) is 2.96. The molecule has 4 nitrogen and oxygen atoms in total. The molecule has 0 unspecified atom stereocenters. The maximum absolute atomic E-state index is 13.5. The summed E-state index contributed by atoms with van der Waals surface area (Å²) >= 11 is 3.17. The van der Waals surface area contributed by atoms with Gasteiger partial charge in [0.05, 0.1) is 5.69 Å². The average molecular weight is 328 g/mol. The summed E-state index contributed by atoms with van der Waals surface area (Å²) in [6.45, 7) is 0. The highest BCUT2D eigenvalue weighted by molar-refractivity contribution is 9.10. The Morgan fingerprint density at radius 3 is 2.63 bits per heavy atom. The third-order valence-electron chi connectivity index (χ3n) is 2.33. The van der Waals surface area contributed by atoms with Gasteiger partial charge in [0, 0.05) is 10.7 Å². The number of hydrogen-bond donors (Lipinski definition) is 2. The van der Waals surface area contributed by atoms with Crippen molar-refractivity contribution in [3.05, 3.63) is 52.3 Å². The van der Waals surface area contributed by atoms with Crippen molar-refractivity contribution in [1.29, 1.82) is 0 Å². The first-order chi connectivity index (χ1) is 8.99. The molecule has 7 heteroatoms. The van der Waals surface area contributed by atoms with Crippen LogP contribution in [0.2, 0.25) is 0 Å². The van der Waals surface area contributed by atoms with Gasteiger partial charge in [0.25, 0.3) is 5.91 Å². The summed E-state index contributed by atoms with van der Waals surface area (Å²) in [6, 6.07) is 5.10. The van der Waals surface area contributed by atoms with Crippen LogP contribution in [0.1, 0.15) is 10.5 Å². The second kappa shape index (κ2) is 5.31. The topological polar surface area (TPSA) is 68.0 Å². The molecule has 0 aliphatic rings. The van der Waals surface area contributed by atoms with E-state index < -0.39 is 23.2 Å². The Morgan fingerprint density at radius 1 is 1.26 bits per heavy atom. The molecule has 0 bridgehead atoms. The Hall–Kier alpha value is -2.02. The highest BCUT2D eigenvalue weighted by Gasteiger charge is 2.16. The van der Waals surface area contributed by atoms with Gasteiger partial charge in [-0.3, -0.25) is 4.79 Å². The van der Waals surface area contributed by atoms with E-state index in [4.69, 9.17) is 5.73 Å². The number of nitrogen functional groups attached to an aromatic ring is 1. The number of hydrogen-bond acceptors (Lipinski definition) is 3. The molecular weight excluding hydrogens is 320 g/mol. The van der Waals surface area contributed by atoms with Gasteiger partial charge in [0.2, 0.25) is 0 Å². The summed E-state index contributed by atoms with van der Waals surface area (Å²) in [7, 11) is 0. The van der Waals surface area contributed by atoms with Gasteiger partial charge in [-0.25, -0.2) is 13.8 Å². The van der Waals surface area contributed by atoms with Crippen molar-refractivity contribution in [1.82, 2.24) is 4.98 Å². The molecule has 1 aromatic carbocycles. The third-order valence-corrected chi connectivity index (χ3v) is 2.79. The Balaban J connectivity index is 2.29. The van der Waals surface area contributed by atoms with E-state index in [0.717, 1.165) is 6.07 Å². The number of halogens is 3. The molecule has 3 N–H and O–H groups in total. The minimum atomic E-state index is -1.20. The number of pyridine rings is 1. The van der Waals surface area contributed by atoms with E-state index in [2.05, 4.69) is 26.2 Å². The second-order valence-corrected chi connectivity index (χ2v) is 4.56. The summed E-state index contributed by atoms with van der Waals surface area (Å²) in [5.41, 5.74) is 5.09. The summed E-state index contributed by atoms with van der Waals surface area (Å²) in [4.78, 5) is 15.6. The van der Waals surface area contributed by atoms with Crippen molar-refractivity contribution in [3.63, 3.8) is 0 Å². The first-order valence-corrected chi connectivity index (χ1v) is 5.94. The molecule has 0 aliphatic heterocycles. The average Bonchev–Trinajstić information content (AvgIpc) is 2.40. The van der Waals surface area contributed by atoms with E-state index in [1.54, 1.807) is 6.07 Å². The molecular formula is C12H8BrF2N3O. The van der Waals surface area contributed by atoms with Crippen LogP contribution in [0, 0.1) is 11.6 Å². The van der Waals surface area contributed by atoms with Crippen molar-refractivity contribution >= 4 is 33.2 Å². The Morgan fingerprint density at radius 2 is 2.00 bits per heavy atom. The van der Waals surface area contributed by atoms with E-state index in [1.807, 2.05) is 0 Å². The van der Waals surface area contributed by atoms with Gasteiger partial charge in [-0.1, -0.05) is 0 Å². The van der Waals surface area contributed by atoms with Crippen LogP contribution in [-0.2, 0) is 0 Å². The molecule has 19 heavy (non-hydrogen) atoms. The van der Waals surface area contributed by atoms with Crippen molar-refractivity contribution < 1.29 is 13.6 Å². The number of aromatic nitrogens is 1. The van der Waals surface area contributed by atoms with Crippen LogP contribution in [0.4, 0.5) is 20.2 Å². The van der Waals surface area contributed by atoms with Gasteiger partial charge >= 0.3 is 0 Å². The zero-order chi connectivity index (χ0) is 14.0. The minimum Gasteiger partial charge on any atom is -0.397 e. The monoisotopic (exact) mass is 327 g/mol. The van der Waals surface area contributed by atoms with Crippen LogP contribution >= 0.6 is 15.9 Å². The molecule has 2 rings (SSSR count). The highest BCUT2D eigenvalue weighted by atomic mass is 79.9. The van der Waals surface area contributed by atoms with E-state index in [1.165, 1.54) is 18.3 Å². The Bertz CT molecular complexity index is 632. The summed E-state index contributed by atoms with van der Waals surface area (Å²) in [6.07, 6.45) is 1.42. The van der Waals surface area contributed by atoms with Crippen LogP contribution in [0.15, 0.2) is 34.9 Å². The number of carbonyl (C=O) groups excluding carboxylic acids is 1. The summed E-state index contributed by atoms with van der Waals surface area (Å²) < 4.78 is 27.3. The molecule has 0 saturated carbocycles. The van der Waals surface area contributed by atoms with Crippen molar-refractivity contribution in [2.24, 2.45) is 0 Å². The Labute approximate surface area is 115 Å². The number of nitrogens with one attached hydrogen (secondary N) is 1. The normalized spacial score (nSPS) is 10.3. The smallest absolute Gasteiger partial charge is 0.274 e. The lowest BCUT2D eigenvalue weighted by Crippen LogP contribution is -2.16. The number of anilines is 2. The van der Waals surface area contributed by atoms with Crippen LogP contribution < -0.4 is 11.1 Å². The molecule has 0 aliphatic carbocycles. The fraction of sp³-hybridized carbons (Fsp3) is 0. The summed E-state index contributed by atoms with van der Waals surface area (Å²) in [5, 5.41) is 2.20. The quantitative estimate of drug-likeness (QED) is 0.833. The third kappa shape index (κ3) is 2.87. The number of carbonyl (C=O) groups is 1. The van der Waals surface area contributed by atoms with E-state index >= 15 is 0 Å². The lowest BCUT2D eigenvalue weighted by atomic mass is 10.2. The van der Waals surface area contributed by atoms with Gasteiger partial charge in [-0.2, -0.15) is 0 Å². The Kier molecular flexibility index (Phi) is 3.75. The van der Waals surface area contributed by atoms with Crippen molar-refractivity contribution in [2.45, 2.75) is 0 Å². The van der Waals surface area contributed by atoms with Crippen LogP contribution in [0.3, 0.4) is 0 Å². The van der Waals surface area contributed by atoms with Gasteiger partial charge in [0.1, 0.15) is 11.4 Å². The molecule has 0 atom stereocenters. The largest absolute Gasteiger partial charge is 0.397 e. The van der Waals surface area contributed by atoms with Crippen LogP contribution in [0.5, 0.6) is 0 Å². The maximum Gasteiger partial charge on any atom is 0.274 e. The second-order valence-electron chi connectivity index (χ2n) is 3.64. The zero-order valence-corrected chi connectivity index (χ0v) is 11.0. The van der Waals surface area contributed by atoms with E-state index in [9.17, 15) is 13.6 Å². The molecule has 0 fully saturated rings. The number of amides is 1. The molecule has 1 amide bonds. The summed E-state index contributed by atoms with van der Waals surface area (Å²) in [5.74, 6) is -2.97. The standard InChI is InChI=1S/C12H8BrF2N3O/c13-6-1-4-9(17-5-6)12(19)18-11-8(16)3-2-7(14)10(11)15/h1-5H,16H2,(H,18,19). The van der Waals surface area contributed by atoms with E-state index in [0.29, 0.717) is 4.47 Å². The molecule has 0 radical (unpaired) electrons. The number of nitrogens with zero attached hydrogens (tertiary/aromatic N) is 1. The zero-order valence-electron chi connectivity index (χ0n) is 9.45. The highest BCUT2D eigenvalue weighted by Crippen LogP contribution is 2.25. The lowest BCUT2D eigenvalue weighted by molar-refractivity contribution is 0.102. The first kappa shape index (κ1) is 13.4. The molecule has 0 saturated heterocycles.